The first-order chi connectivity index (χ1) is 13.6. The number of benzene rings is 2. The highest BCUT2D eigenvalue weighted by Gasteiger charge is 2.24. The number of carbonyl (C=O) groups excluding carboxylic acids is 2. The third-order valence-electron chi connectivity index (χ3n) is 4.58. The van der Waals surface area contributed by atoms with Crippen LogP contribution in [-0.2, 0) is 24.5 Å². The fourth-order valence-electron chi connectivity index (χ4n) is 2.98. The van der Waals surface area contributed by atoms with E-state index < -0.39 is 18.0 Å². The summed E-state index contributed by atoms with van der Waals surface area (Å²) < 4.78 is 16.9. The largest absolute Gasteiger partial charge is 0.490 e. The van der Waals surface area contributed by atoms with Gasteiger partial charge in [0.2, 0.25) is 0 Å². The average Bonchev–Trinajstić information content (AvgIpc) is 2.63. The molecule has 1 atom stereocenters. The lowest BCUT2D eigenvalue weighted by atomic mass is 9.78. The molecule has 0 aliphatic heterocycles. The lowest BCUT2D eigenvalue weighted by Crippen LogP contribution is -2.29. The molecule has 0 amide bonds. The molecular weight excluding hydrogens is 436 g/mol. The Kier molecular flexibility index (Phi) is 7.85. The molecule has 0 N–H and O–H groups in total. The van der Waals surface area contributed by atoms with E-state index >= 15 is 0 Å². The highest BCUT2D eigenvalue weighted by Crippen LogP contribution is 2.34. The summed E-state index contributed by atoms with van der Waals surface area (Å²) in [5.74, 6) is -0.237. The zero-order valence-electron chi connectivity index (χ0n) is 17.5. The van der Waals surface area contributed by atoms with Crippen molar-refractivity contribution in [2.45, 2.75) is 46.1 Å². The van der Waals surface area contributed by atoms with Crippen molar-refractivity contribution in [1.82, 2.24) is 0 Å². The van der Waals surface area contributed by atoms with Crippen LogP contribution >= 0.6 is 15.9 Å². The molecule has 29 heavy (non-hydrogen) atoms. The third-order valence-corrected chi connectivity index (χ3v) is 5.04. The molecule has 2 aromatic rings. The van der Waals surface area contributed by atoms with Crippen molar-refractivity contribution in [3.8, 4) is 5.75 Å². The zero-order chi connectivity index (χ0) is 21.6. The summed E-state index contributed by atoms with van der Waals surface area (Å²) in [4.78, 5) is 22.2. The molecule has 6 heteroatoms. The summed E-state index contributed by atoms with van der Waals surface area (Å²) in [7, 11) is 0. The Hall–Kier alpha value is -2.34. The van der Waals surface area contributed by atoms with E-state index in [1.165, 1.54) is 25.0 Å². The Morgan fingerprint density at radius 1 is 0.966 bits per heavy atom. The molecule has 0 radical (unpaired) electrons. The van der Waals surface area contributed by atoms with E-state index in [9.17, 15) is 9.59 Å². The summed E-state index contributed by atoms with van der Waals surface area (Å²) in [5.41, 5.74) is 3.39. The fraction of sp³-hybridized carbons (Fsp3) is 0.391. The summed E-state index contributed by atoms with van der Waals surface area (Å²) in [6.45, 7) is 9.11. The summed E-state index contributed by atoms with van der Waals surface area (Å²) >= 11 is 3.58. The van der Waals surface area contributed by atoms with E-state index in [-0.39, 0.29) is 18.6 Å². The van der Waals surface area contributed by atoms with E-state index in [4.69, 9.17) is 14.2 Å². The second-order valence-corrected chi connectivity index (χ2v) is 8.43. The van der Waals surface area contributed by atoms with Crippen LogP contribution in [0, 0.1) is 6.92 Å². The van der Waals surface area contributed by atoms with Gasteiger partial charge in [0, 0.05) is 23.7 Å². The molecule has 0 heterocycles. The Balaban J connectivity index is 2.08. The molecule has 0 saturated heterocycles. The smallest absolute Gasteiger partial charge is 0.303 e. The molecule has 0 unspecified atom stereocenters. The molecular formula is C23H27BrO5. The summed E-state index contributed by atoms with van der Waals surface area (Å²) in [6, 6.07) is 14.2. The highest BCUT2D eigenvalue weighted by molar-refractivity contribution is 9.10. The van der Waals surface area contributed by atoms with Gasteiger partial charge in [0.1, 0.15) is 19.0 Å². The molecule has 156 valence electrons. The van der Waals surface area contributed by atoms with Crippen LogP contribution < -0.4 is 4.74 Å². The van der Waals surface area contributed by atoms with Crippen LogP contribution in [-0.4, -0.2) is 31.3 Å². The maximum Gasteiger partial charge on any atom is 0.303 e. The van der Waals surface area contributed by atoms with Gasteiger partial charge >= 0.3 is 11.9 Å². The predicted molar refractivity (Wildman–Crippen MR) is 115 cm³/mol. The van der Waals surface area contributed by atoms with Crippen molar-refractivity contribution in [1.29, 1.82) is 0 Å². The second-order valence-electron chi connectivity index (χ2n) is 7.51. The zero-order valence-corrected chi connectivity index (χ0v) is 19.0. The molecule has 2 aromatic carbocycles. The Labute approximate surface area is 180 Å². The minimum absolute atomic E-state index is 0.0394. The van der Waals surface area contributed by atoms with E-state index in [1.807, 2.05) is 24.3 Å². The van der Waals surface area contributed by atoms with Gasteiger partial charge in [0.25, 0.3) is 0 Å². The first-order valence-corrected chi connectivity index (χ1v) is 10.2. The van der Waals surface area contributed by atoms with Crippen molar-refractivity contribution in [2.24, 2.45) is 0 Å². The molecule has 0 bridgehead atoms. The molecule has 5 nitrogen and oxygen atoms in total. The van der Waals surface area contributed by atoms with Crippen molar-refractivity contribution >= 4 is 27.9 Å². The first kappa shape index (κ1) is 22.9. The number of rotatable bonds is 8. The van der Waals surface area contributed by atoms with Crippen molar-refractivity contribution in [3.63, 3.8) is 0 Å². The minimum Gasteiger partial charge on any atom is -0.490 e. The molecule has 0 spiro atoms. The van der Waals surface area contributed by atoms with E-state index in [2.05, 4.69) is 54.9 Å². The Morgan fingerprint density at radius 2 is 1.62 bits per heavy atom. The highest BCUT2D eigenvalue weighted by atomic mass is 79.9. The number of hydrogen-bond donors (Lipinski definition) is 0. The first-order valence-electron chi connectivity index (χ1n) is 9.39. The normalized spacial score (nSPS) is 12.2. The van der Waals surface area contributed by atoms with Crippen molar-refractivity contribution in [3.05, 3.63) is 63.6 Å². The molecule has 0 aliphatic rings. The number of hydrogen-bond acceptors (Lipinski definition) is 5. The van der Waals surface area contributed by atoms with Gasteiger partial charge in [-0.1, -0.05) is 48.0 Å². The summed E-state index contributed by atoms with van der Waals surface area (Å²) in [5, 5.41) is 0. The molecule has 0 aromatic heterocycles. The van der Waals surface area contributed by atoms with Crippen molar-refractivity contribution in [2.75, 3.05) is 13.2 Å². The van der Waals surface area contributed by atoms with Crippen LogP contribution in [0.5, 0.6) is 5.75 Å². The van der Waals surface area contributed by atoms with E-state index in [0.717, 1.165) is 10.0 Å². The molecule has 0 fully saturated rings. The van der Waals surface area contributed by atoms with Gasteiger partial charge in [-0.3, -0.25) is 9.59 Å². The number of aryl methyl sites for hydroxylation is 1. The van der Waals surface area contributed by atoms with Crippen LogP contribution in [0.3, 0.4) is 0 Å². The quantitative estimate of drug-likeness (QED) is 0.518. The van der Waals surface area contributed by atoms with Crippen LogP contribution in [0.4, 0.5) is 0 Å². The van der Waals surface area contributed by atoms with Crippen LogP contribution in [0.15, 0.2) is 46.9 Å². The average molecular weight is 463 g/mol. The lowest BCUT2D eigenvalue weighted by molar-refractivity contribution is -0.158. The number of carbonyl (C=O) groups is 2. The van der Waals surface area contributed by atoms with Gasteiger partial charge in [-0.05, 0) is 47.9 Å². The lowest BCUT2D eigenvalue weighted by Gasteiger charge is -2.27. The van der Waals surface area contributed by atoms with Gasteiger partial charge in [-0.15, -0.1) is 0 Å². The van der Waals surface area contributed by atoms with Crippen molar-refractivity contribution < 1.29 is 23.8 Å². The van der Waals surface area contributed by atoms with Gasteiger partial charge in [-0.25, -0.2) is 0 Å². The monoisotopic (exact) mass is 462 g/mol. The number of ether oxygens (including phenoxy) is 3. The van der Waals surface area contributed by atoms with Gasteiger partial charge < -0.3 is 14.2 Å². The Bertz CT molecular complexity index is 838. The topological polar surface area (TPSA) is 61.8 Å². The maximum absolute atomic E-state index is 11.2. The number of halogens is 1. The van der Waals surface area contributed by atoms with Gasteiger partial charge in [0.05, 0.1) is 0 Å². The molecule has 0 aliphatic carbocycles. The van der Waals surface area contributed by atoms with Crippen LogP contribution in [0.2, 0.25) is 0 Å². The van der Waals surface area contributed by atoms with Crippen LogP contribution in [0.1, 0.15) is 44.4 Å². The summed E-state index contributed by atoms with van der Waals surface area (Å²) in [6.07, 6.45) is -0.655. The third kappa shape index (κ3) is 6.89. The number of esters is 2. The van der Waals surface area contributed by atoms with Gasteiger partial charge in [-0.2, -0.15) is 0 Å². The molecule has 0 saturated carbocycles. The predicted octanol–water partition coefficient (Wildman–Crippen LogP) is 4.96. The standard InChI is InChI=1S/C23H27BrO5/c1-15-10-19(12-20(24)11-15)23(4,5)18-6-8-21(9-7-18)28-14-22(29-17(3)26)13-27-16(2)25/h6-12,22H,13-14H2,1-5H3/t22-/m1/s1. The minimum atomic E-state index is -0.655. The second kappa shape index (κ2) is 9.92. The fourth-order valence-corrected chi connectivity index (χ4v) is 3.59. The SMILES string of the molecule is CC(=O)OC[C@H](COc1ccc(C(C)(C)c2cc(C)cc(Br)c2)cc1)OC(C)=O. The van der Waals surface area contributed by atoms with Gasteiger partial charge in [0.15, 0.2) is 6.10 Å². The van der Waals surface area contributed by atoms with Crippen LogP contribution in [0.25, 0.3) is 0 Å². The van der Waals surface area contributed by atoms with E-state index in [0.29, 0.717) is 5.75 Å². The Morgan fingerprint density at radius 3 is 2.17 bits per heavy atom. The molecule has 2 rings (SSSR count). The van der Waals surface area contributed by atoms with E-state index in [1.54, 1.807) is 0 Å². The maximum atomic E-state index is 11.2.